The van der Waals surface area contributed by atoms with Gasteiger partial charge in [0.15, 0.2) is 5.58 Å². The van der Waals surface area contributed by atoms with Crippen LogP contribution < -0.4 is 4.90 Å². The summed E-state index contributed by atoms with van der Waals surface area (Å²) in [4.78, 5) is 2.39. The lowest BCUT2D eigenvalue weighted by Gasteiger charge is -2.28. The first-order chi connectivity index (χ1) is 30.5. The van der Waals surface area contributed by atoms with Gasteiger partial charge in [-0.1, -0.05) is 159 Å². The van der Waals surface area contributed by atoms with Gasteiger partial charge in [0.2, 0.25) is 0 Å². The van der Waals surface area contributed by atoms with Crippen LogP contribution >= 0.6 is 0 Å². The van der Waals surface area contributed by atoms with Gasteiger partial charge in [-0.05, 0) is 121 Å². The highest BCUT2D eigenvalue weighted by Crippen LogP contribution is 2.53. The summed E-state index contributed by atoms with van der Waals surface area (Å²) in [7, 11) is 0. The number of fused-ring (bicyclic) bond motifs is 13. The highest BCUT2D eigenvalue weighted by molar-refractivity contribution is 6.31. The van der Waals surface area contributed by atoms with E-state index in [2.05, 4.69) is 213 Å². The molecule has 0 saturated carbocycles. The molecule has 10 aromatic carbocycles. The Labute approximate surface area is 358 Å². The maximum Gasteiger partial charge on any atom is 0.160 e. The zero-order chi connectivity index (χ0) is 41.1. The summed E-state index contributed by atoms with van der Waals surface area (Å²) in [6.07, 6.45) is 0. The molecular formula is C59H39NO2. The molecule has 0 bridgehead atoms. The lowest BCUT2D eigenvalue weighted by atomic mass is 9.82. The first kappa shape index (κ1) is 34.9. The Balaban J connectivity index is 1.14. The van der Waals surface area contributed by atoms with E-state index >= 15 is 0 Å². The Hall–Kier alpha value is -7.88. The van der Waals surface area contributed by atoms with Crippen LogP contribution in [0.4, 0.5) is 17.1 Å². The van der Waals surface area contributed by atoms with E-state index in [1.165, 1.54) is 60.5 Å². The molecule has 12 aromatic rings. The Bertz CT molecular complexity index is 3780. The van der Waals surface area contributed by atoms with Crippen LogP contribution in [0.1, 0.15) is 25.0 Å². The maximum absolute atomic E-state index is 7.29. The third-order valence-corrected chi connectivity index (χ3v) is 13.5. The lowest BCUT2D eigenvalue weighted by molar-refractivity contribution is 0.660. The van der Waals surface area contributed by atoms with Gasteiger partial charge in [-0.3, -0.25) is 0 Å². The van der Waals surface area contributed by atoms with Crippen molar-refractivity contribution in [3.8, 4) is 33.4 Å². The average Bonchev–Trinajstić information content (AvgIpc) is 3.97. The minimum absolute atomic E-state index is 0.172. The fourth-order valence-electron chi connectivity index (χ4n) is 10.5. The molecule has 0 amide bonds. The van der Waals surface area contributed by atoms with Crippen molar-refractivity contribution in [2.45, 2.75) is 19.3 Å². The molecule has 13 rings (SSSR count). The van der Waals surface area contributed by atoms with Gasteiger partial charge in [0.1, 0.15) is 16.7 Å². The molecule has 0 aliphatic heterocycles. The van der Waals surface area contributed by atoms with E-state index in [1.807, 2.05) is 6.07 Å². The number of nitrogens with zero attached hydrogens (tertiary/aromatic N) is 1. The molecule has 2 aromatic heterocycles. The largest absolute Gasteiger partial charge is 0.456 e. The van der Waals surface area contributed by atoms with E-state index in [9.17, 15) is 0 Å². The zero-order valence-corrected chi connectivity index (χ0v) is 34.3. The summed E-state index contributed by atoms with van der Waals surface area (Å²) in [6.45, 7) is 4.70. The third kappa shape index (κ3) is 5.00. The number of anilines is 3. The molecule has 2 heterocycles. The molecular weight excluding hydrogens is 755 g/mol. The Morgan fingerprint density at radius 1 is 0.371 bits per heavy atom. The van der Waals surface area contributed by atoms with Gasteiger partial charge in [0.25, 0.3) is 0 Å². The van der Waals surface area contributed by atoms with Gasteiger partial charge in [0.05, 0.1) is 5.69 Å². The van der Waals surface area contributed by atoms with E-state index in [0.717, 1.165) is 66.5 Å². The highest BCUT2D eigenvalue weighted by Gasteiger charge is 2.36. The predicted molar refractivity (Wildman–Crippen MR) is 259 cm³/mol. The van der Waals surface area contributed by atoms with Crippen LogP contribution in [0.15, 0.2) is 209 Å². The molecule has 0 atom stereocenters. The first-order valence-electron chi connectivity index (χ1n) is 21.4. The summed E-state index contributed by atoms with van der Waals surface area (Å²) in [5.74, 6) is 0. The fourth-order valence-corrected chi connectivity index (χ4v) is 10.5. The zero-order valence-electron chi connectivity index (χ0n) is 34.3. The van der Waals surface area contributed by atoms with Gasteiger partial charge in [0, 0.05) is 38.3 Å². The van der Waals surface area contributed by atoms with Crippen molar-refractivity contribution in [2.75, 3.05) is 4.90 Å². The van der Waals surface area contributed by atoms with Crippen molar-refractivity contribution in [3.63, 3.8) is 0 Å². The molecule has 0 spiro atoms. The van der Waals surface area contributed by atoms with Crippen molar-refractivity contribution in [1.82, 2.24) is 0 Å². The highest BCUT2D eigenvalue weighted by atomic mass is 16.3. The fraction of sp³-hybridized carbons (Fsp3) is 0.0508. The first-order valence-corrected chi connectivity index (χ1v) is 21.4. The Morgan fingerprint density at radius 2 is 1.00 bits per heavy atom. The quantitative estimate of drug-likeness (QED) is 0.163. The second-order valence-corrected chi connectivity index (χ2v) is 17.2. The molecule has 3 nitrogen and oxygen atoms in total. The number of furan rings is 2. The molecule has 0 saturated heterocycles. The maximum atomic E-state index is 7.29. The molecule has 0 unspecified atom stereocenters. The summed E-state index contributed by atoms with van der Waals surface area (Å²) in [5, 5.41) is 9.13. The van der Waals surface area contributed by atoms with Crippen LogP contribution in [-0.2, 0) is 5.41 Å². The lowest BCUT2D eigenvalue weighted by Crippen LogP contribution is -2.16. The van der Waals surface area contributed by atoms with E-state index in [1.54, 1.807) is 0 Å². The SMILES string of the molecule is CC1(C)c2ccccc2-c2ccc(N(c3ccc(-c4ccccc4)cc3)c3ccc(-c4cc5ccccc5c5ccccc45)c4c3oc3ccc5oc6ccccc6c5c34)cc21. The van der Waals surface area contributed by atoms with Crippen molar-refractivity contribution >= 4 is 82.5 Å². The molecule has 292 valence electrons. The average molecular weight is 794 g/mol. The van der Waals surface area contributed by atoms with Crippen LogP contribution in [0.5, 0.6) is 0 Å². The number of benzene rings is 10. The Kier molecular flexibility index (Phi) is 7.36. The molecule has 1 aliphatic carbocycles. The van der Waals surface area contributed by atoms with Crippen LogP contribution in [0.2, 0.25) is 0 Å². The summed E-state index contributed by atoms with van der Waals surface area (Å²) >= 11 is 0. The second-order valence-electron chi connectivity index (χ2n) is 17.2. The summed E-state index contributed by atoms with van der Waals surface area (Å²) in [5.41, 5.74) is 16.2. The van der Waals surface area contributed by atoms with E-state index in [0.29, 0.717) is 0 Å². The van der Waals surface area contributed by atoms with Gasteiger partial charge in [-0.2, -0.15) is 0 Å². The Morgan fingerprint density at radius 3 is 1.84 bits per heavy atom. The molecule has 0 fully saturated rings. The normalized spacial score (nSPS) is 13.1. The van der Waals surface area contributed by atoms with Gasteiger partial charge in [-0.15, -0.1) is 0 Å². The van der Waals surface area contributed by atoms with Crippen LogP contribution in [0.3, 0.4) is 0 Å². The van der Waals surface area contributed by atoms with Crippen molar-refractivity contribution in [2.24, 2.45) is 0 Å². The van der Waals surface area contributed by atoms with Gasteiger partial charge >= 0.3 is 0 Å². The number of hydrogen-bond acceptors (Lipinski definition) is 3. The third-order valence-electron chi connectivity index (χ3n) is 13.5. The van der Waals surface area contributed by atoms with Gasteiger partial charge < -0.3 is 13.7 Å². The van der Waals surface area contributed by atoms with Gasteiger partial charge in [-0.25, -0.2) is 0 Å². The molecule has 62 heavy (non-hydrogen) atoms. The molecule has 3 heteroatoms. The van der Waals surface area contributed by atoms with Crippen LogP contribution in [-0.4, -0.2) is 0 Å². The van der Waals surface area contributed by atoms with Crippen molar-refractivity contribution < 1.29 is 8.83 Å². The van der Waals surface area contributed by atoms with Crippen molar-refractivity contribution in [3.05, 3.63) is 211 Å². The molecule has 0 radical (unpaired) electrons. The van der Waals surface area contributed by atoms with Crippen LogP contribution in [0, 0.1) is 0 Å². The smallest absolute Gasteiger partial charge is 0.160 e. The number of rotatable bonds is 5. The van der Waals surface area contributed by atoms with Crippen molar-refractivity contribution in [1.29, 1.82) is 0 Å². The van der Waals surface area contributed by atoms with Crippen LogP contribution in [0.25, 0.3) is 98.8 Å². The number of hydrogen-bond donors (Lipinski definition) is 0. The molecule has 0 N–H and O–H groups in total. The van der Waals surface area contributed by atoms with E-state index in [-0.39, 0.29) is 5.41 Å². The minimum atomic E-state index is -0.172. The topological polar surface area (TPSA) is 29.5 Å². The van der Waals surface area contributed by atoms with E-state index < -0.39 is 0 Å². The standard InChI is InChI=1S/C59H39NO2/c1-59(2)49-22-12-10-20-44(49)45-29-28-40(35-50(45)59)60(39-26-24-37(25-27-39)36-14-4-3-5-15-36)51-31-30-46(48-34-38-16-6-7-17-41(38)42-18-8-9-19-43(42)48)56-57-54(62-58(51)56)33-32-53-55(57)47-21-11-13-23-52(47)61-53/h3-35H,1-2H3. The molecule has 1 aliphatic rings. The number of para-hydroxylation sites is 1. The summed E-state index contributed by atoms with van der Waals surface area (Å²) < 4.78 is 13.8. The minimum Gasteiger partial charge on any atom is -0.456 e. The monoisotopic (exact) mass is 793 g/mol. The van der Waals surface area contributed by atoms with E-state index in [4.69, 9.17) is 8.83 Å². The summed E-state index contributed by atoms with van der Waals surface area (Å²) in [6, 6.07) is 72.4. The second kappa shape index (κ2) is 13.1. The predicted octanol–water partition coefficient (Wildman–Crippen LogP) is 16.9.